The smallest absolute Gasteiger partial charge is 0.407 e. The lowest BCUT2D eigenvalue weighted by atomic mass is 9.52. The van der Waals surface area contributed by atoms with E-state index in [-0.39, 0.29) is 30.1 Å². The number of benzene rings is 1. The average molecular weight is 587 g/mol. The van der Waals surface area contributed by atoms with Gasteiger partial charge < -0.3 is 20.5 Å². The Hall–Kier alpha value is -3.87. The minimum absolute atomic E-state index is 0.0284. The third-order valence-electron chi connectivity index (χ3n) is 8.55. The summed E-state index contributed by atoms with van der Waals surface area (Å²) in [5.41, 5.74) is 2.94. The Morgan fingerprint density at radius 1 is 0.977 bits per heavy atom. The molecule has 0 aliphatic heterocycles. The van der Waals surface area contributed by atoms with Crippen LogP contribution in [0.5, 0.6) is 0 Å². The number of nitrogens with one attached hydrogen (secondary N) is 2. The lowest BCUT2D eigenvalue weighted by Gasteiger charge is -2.50. The van der Waals surface area contributed by atoms with Crippen molar-refractivity contribution in [3.8, 4) is 0 Å². The molecular weight excluding hydrogens is 540 g/mol. The number of fused-ring (bicyclic) bond motifs is 3. The highest BCUT2D eigenvalue weighted by Crippen LogP contribution is 2.57. The second-order valence-electron chi connectivity index (χ2n) is 12.9. The number of unbranched alkanes of at least 4 members (excludes halogenated alkanes) is 4. The molecule has 230 valence electrons. The van der Waals surface area contributed by atoms with E-state index in [1.165, 1.54) is 0 Å². The molecule has 4 unspecified atom stereocenters. The van der Waals surface area contributed by atoms with Gasteiger partial charge in [0, 0.05) is 36.4 Å². The van der Waals surface area contributed by atoms with Crippen LogP contribution in [0.4, 0.5) is 10.5 Å². The number of allylic oxidation sites excluding steroid dienone is 9. The Morgan fingerprint density at radius 3 is 2.49 bits per heavy atom. The van der Waals surface area contributed by atoms with E-state index in [0.717, 1.165) is 54.5 Å². The van der Waals surface area contributed by atoms with Gasteiger partial charge in [-0.3, -0.25) is 9.59 Å². The Bertz CT molecular complexity index is 1330. The van der Waals surface area contributed by atoms with Crippen LogP contribution < -0.4 is 10.6 Å². The minimum atomic E-state index is -0.818. The van der Waals surface area contributed by atoms with E-state index in [2.05, 4.69) is 65.8 Å². The van der Waals surface area contributed by atoms with Crippen molar-refractivity contribution < 1.29 is 24.2 Å². The van der Waals surface area contributed by atoms with Crippen molar-refractivity contribution in [3.05, 3.63) is 90.1 Å². The average Bonchev–Trinajstić information content (AvgIpc) is 3.03. The Balaban J connectivity index is 1.39. The van der Waals surface area contributed by atoms with E-state index in [1.807, 2.05) is 39.0 Å². The van der Waals surface area contributed by atoms with Crippen LogP contribution >= 0.6 is 0 Å². The first-order valence-electron chi connectivity index (χ1n) is 15.5. The normalized spacial score (nSPS) is 25.0. The number of aliphatic carboxylic acids is 1. The van der Waals surface area contributed by atoms with Crippen LogP contribution in [0, 0.1) is 11.8 Å². The topological polar surface area (TPSA) is 105 Å². The van der Waals surface area contributed by atoms with Crippen molar-refractivity contribution in [1.82, 2.24) is 5.32 Å². The number of carbonyl (C=O) groups is 3. The molecule has 4 rings (SSSR count). The summed E-state index contributed by atoms with van der Waals surface area (Å²) >= 11 is 0. The summed E-state index contributed by atoms with van der Waals surface area (Å²) in [5, 5.41) is 15.5. The Labute approximate surface area is 255 Å². The van der Waals surface area contributed by atoms with E-state index >= 15 is 0 Å². The molecule has 3 aliphatic rings. The Morgan fingerprint density at radius 2 is 1.72 bits per heavy atom. The summed E-state index contributed by atoms with van der Waals surface area (Å²) in [7, 11) is 0. The maximum absolute atomic E-state index is 12.9. The highest BCUT2D eigenvalue weighted by Gasteiger charge is 2.50. The number of carboxylic acid groups (broad SMARTS) is 1. The monoisotopic (exact) mass is 586 g/mol. The van der Waals surface area contributed by atoms with Gasteiger partial charge in [-0.2, -0.15) is 0 Å². The zero-order chi connectivity index (χ0) is 31.0. The van der Waals surface area contributed by atoms with E-state index in [4.69, 9.17) is 4.74 Å². The molecule has 0 radical (unpaired) electrons. The first kappa shape index (κ1) is 32.1. The van der Waals surface area contributed by atoms with Crippen LogP contribution in [0.3, 0.4) is 0 Å². The van der Waals surface area contributed by atoms with Crippen LogP contribution in [0.15, 0.2) is 79.0 Å². The fourth-order valence-corrected chi connectivity index (χ4v) is 6.68. The van der Waals surface area contributed by atoms with E-state index in [1.54, 1.807) is 0 Å². The molecule has 0 spiro atoms. The number of ether oxygens (including phenoxy) is 1. The fourth-order valence-electron chi connectivity index (χ4n) is 6.68. The molecule has 0 fully saturated rings. The largest absolute Gasteiger partial charge is 0.481 e. The maximum Gasteiger partial charge on any atom is 0.407 e. The molecule has 3 N–H and O–H groups in total. The van der Waals surface area contributed by atoms with Gasteiger partial charge in [0.05, 0.1) is 0 Å². The van der Waals surface area contributed by atoms with Crippen molar-refractivity contribution in [2.24, 2.45) is 11.8 Å². The van der Waals surface area contributed by atoms with Crippen LogP contribution in [0.25, 0.3) is 0 Å². The molecule has 0 heterocycles. The molecule has 43 heavy (non-hydrogen) atoms. The molecule has 0 saturated heterocycles. The standard InChI is InChI=1S/C36H46N2O5/c1-25-14-11-12-21-36(22-20-32(40)41)29-16-10-9-15-27(29)33(25)28-19-18-26(24-30(28)36)38-31(39)17-8-6-5-7-13-23-37-34(42)43-35(2,3)4/h9-12,14-16,18-19,21,24,27,29,33H,1,5-8,13,17,20,22-23H2,2-4H3,(H,37,42)(H,38,39)(H,40,41)/b14-11-,21-12-. The van der Waals surface area contributed by atoms with Gasteiger partial charge in [-0.25, -0.2) is 4.79 Å². The SMILES string of the molecule is C=C1/C=C\C=C/C2(CCC(=O)O)c3cc(NC(=O)CCCCCCCNC(=O)OC(C)(C)C)ccc3C1C1C=CC=CC12. The number of hydrogen-bond acceptors (Lipinski definition) is 4. The number of carboxylic acids is 1. The van der Waals surface area contributed by atoms with Crippen molar-refractivity contribution in [3.63, 3.8) is 0 Å². The van der Waals surface area contributed by atoms with Crippen LogP contribution in [-0.2, 0) is 19.7 Å². The molecule has 1 aromatic carbocycles. The van der Waals surface area contributed by atoms with Crippen LogP contribution in [0.2, 0.25) is 0 Å². The van der Waals surface area contributed by atoms with E-state index in [0.29, 0.717) is 19.4 Å². The fraction of sp³-hybridized carbons (Fsp3) is 0.472. The van der Waals surface area contributed by atoms with Crippen LogP contribution in [-0.4, -0.2) is 35.2 Å². The number of hydrogen-bond donors (Lipinski definition) is 3. The van der Waals surface area contributed by atoms with E-state index in [9.17, 15) is 19.5 Å². The van der Waals surface area contributed by atoms with Crippen molar-refractivity contribution in [2.75, 3.05) is 11.9 Å². The van der Waals surface area contributed by atoms with Gasteiger partial charge >= 0.3 is 12.1 Å². The molecule has 2 amide bonds. The van der Waals surface area contributed by atoms with Crippen molar-refractivity contribution in [1.29, 1.82) is 0 Å². The van der Waals surface area contributed by atoms with Gasteiger partial charge in [0.15, 0.2) is 0 Å². The number of rotatable bonds is 12. The molecular formula is C36H46N2O5. The van der Waals surface area contributed by atoms with Crippen LogP contribution in [0.1, 0.15) is 89.2 Å². The third-order valence-corrected chi connectivity index (χ3v) is 8.55. The number of amides is 2. The quantitative estimate of drug-likeness (QED) is 0.217. The third kappa shape index (κ3) is 8.15. The summed E-state index contributed by atoms with van der Waals surface area (Å²) < 4.78 is 5.24. The molecule has 7 nitrogen and oxygen atoms in total. The highest BCUT2D eigenvalue weighted by atomic mass is 16.6. The minimum Gasteiger partial charge on any atom is -0.481 e. The van der Waals surface area contributed by atoms with Crippen molar-refractivity contribution >= 4 is 23.7 Å². The zero-order valence-electron chi connectivity index (χ0n) is 25.7. The number of anilines is 1. The van der Waals surface area contributed by atoms with E-state index < -0.39 is 23.1 Å². The summed E-state index contributed by atoms with van der Waals surface area (Å²) in [6.07, 6.45) is 21.9. The number of carbonyl (C=O) groups excluding carboxylic acids is 2. The Kier molecular flexibility index (Phi) is 10.5. The molecule has 1 aromatic rings. The van der Waals surface area contributed by atoms with Gasteiger partial charge in [0.1, 0.15) is 5.60 Å². The van der Waals surface area contributed by atoms with Gasteiger partial charge in [-0.05, 0) is 80.7 Å². The number of alkyl carbamates (subject to hydrolysis) is 1. The molecule has 4 atom stereocenters. The van der Waals surface area contributed by atoms with Gasteiger partial charge in [0.2, 0.25) is 5.91 Å². The lowest BCUT2D eigenvalue weighted by molar-refractivity contribution is -0.137. The molecule has 3 aliphatic carbocycles. The second kappa shape index (κ2) is 14.1. The maximum atomic E-state index is 12.9. The first-order valence-corrected chi connectivity index (χ1v) is 15.5. The summed E-state index contributed by atoms with van der Waals surface area (Å²) in [5.74, 6) is -0.534. The summed E-state index contributed by atoms with van der Waals surface area (Å²) in [6.45, 7) is 10.5. The molecule has 0 saturated carbocycles. The molecule has 0 aromatic heterocycles. The molecule has 7 heteroatoms. The second-order valence-corrected chi connectivity index (χ2v) is 12.9. The van der Waals surface area contributed by atoms with Gasteiger partial charge in [-0.1, -0.05) is 80.5 Å². The van der Waals surface area contributed by atoms with Gasteiger partial charge in [0.25, 0.3) is 0 Å². The lowest BCUT2D eigenvalue weighted by Crippen LogP contribution is -2.45. The predicted molar refractivity (Wildman–Crippen MR) is 171 cm³/mol. The van der Waals surface area contributed by atoms with Crippen molar-refractivity contribution in [2.45, 2.75) is 89.1 Å². The van der Waals surface area contributed by atoms with Gasteiger partial charge in [-0.15, -0.1) is 0 Å². The zero-order valence-corrected chi connectivity index (χ0v) is 25.7. The first-order chi connectivity index (χ1) is 20.5. The highest BCUT2D eigenvalue weighted by molar-refractivity contribution is 5.91. The summed E-state index contributed by atoms with van der Waals surface area (Å²) in [4.78, 5) is 36.4. The summed E-state index contributed by atoms with van der Waals surface area (Å²) in [6, 6.07) is 6.12. The predicted octanol–water partition coefficient (Wildman–Crippen LogP) is 7.73. The molecule has 2 bridgehead atoms.